The molecule has 0 radical (unpaired) electrons. The van der Waals surface area contributed by atoms with E-state index >= 15 is 0 Å². The topological polar surface area (TPSA) is 43.4 Å². The first-order chi connectivity index (χ1) is 7.84. The molecule has 2 rings (SSSR count). The Labute approximate surface area is 101 Å². The van der Waals surface area contributed by atoms with Gasteiger partial charge in [-0.15, -0.1) is 0 Å². The molecule has 0 unspecified atom stereocenters. The molecule has 1 aliphatic heterocycles. The molecule has 3 heteroatoms. The predicted molar refractivity (Wildman–Crippen MR) is 64.3 cm³/mol. The van der Waals surface area contributed by atoms with E-state index in [-0.39, 0.29) is 5.41 Å². The van der Waals surface area contributed by atoms with Crippen LogP contribution < -0.4 is 0 Å². The molecule has 0 aromatic heterocycles. The summed E-state index contributed by atoms with van der Waals surface area (Å²) in [7, 11) is 0. The molecule has 0 amide bonds. The fourth-order valence-electron chi connectivity index (χ4n) is 2.17. The van der Waals surface area contributed by atoms with E-state index in [1.54, 1.807) is 12.1 Å². The SMILES string of the molecule is CCc1cc2c(cc1C(C)(C)C)C(=O)OC2=O. The Morgan fingerprint density at radius 2 is 1.59 bits per heavy atom. The van der Waals surface area contributed by atoms with Crippen LogP contribution in [0.4, 0.5) is 0 Å². The van der Waals surface area contributed by atoms with Gasteiger partial charge in [0, 0.05) is 0 Å². The molecule has 0 fully saturated rings. The molecule has 1 aromatic rings. The molecule has 1 heterocycles. The molecule has 0 N–H and O–H groups in total. The standard InChI is InChI=1S/C14H16O3/c1-5-8-6-9-10(13(16)17-12(9)15)7-11(8)14(2,3)4/h6-7H,5H2,1-4H3. The van der Waals surface area contributed by atoms with E-state index in [2.05, 4.69) is 25.5 Å². The summed E-state index contributed by atoms with van der Waals surface area (Å²) in [6.45, 7) is 8.32. The highest BCUT2D eigenvalue weighted by Gasteiger charge is 2.32. The van der Waals surface area contributed by atoms with Crippen molar-refractivity contribution in [2.45, 2.75) is 39.5 Å². The lowest BCUT2D eigenvalue weighted by molar-refractivity contribution is 0.0444. The summed E-state index contributed by atoms with van der Waals surface area (Å²) >= 11 is 0. The third kappa shape index (κ3) is 1.86. The van der Waals surface area contributed by atoms with Gasteiger partial charge in [0.25, 0.3) is 0 Å². The second-order valence-corrected chi connectivity index (χ2v) is 5.34. The van der Waals surface area contributed by atoms with Gasteiger partial charge in [-0.1, -0.05) is 27.7 Å². The smallest absolute Gasteiger partial charge is 0.346 e. The highest BCUT2D eigenvalue weighted by atomic mass is 16.6. The van der Waals surface area contributed by atoms with Crippen LogP contribution in [0.1, 0.15) is 59.5 Å². The van der Waals surface area contributed by atoms with E-state index in [1.807, 2.05) is 6.92 Å². The lowest BCUT2D eigenvalue weighted by Crippen LogP contribution is -2.15. The molecular formula is C14H16O3. The number of aryl methyl sites for hydroxylation is 1. The van der Waals surface area contributed by atoms with Crippen LogP contribution >= 0.6 is 0 Å². The van der Waals surface area contributed by atoms with Gasteiger partial charge in [0.15, 0.2) is 0 Å². The maximum Gasteiger partial charge on any atom is 0.346 e. The third-order valence-electron chi connectivity index (χ3n) is 3.06. The number of cyclic esters (lactones) is 2. The van der Waals surface area contributed by atoms with Crippen LogP contribution in [0.25, 0.3) is 0 Å². The minimum atomic E-state index is -0.529. The number of carbonyl (C=O) groups excluding carboxylic acids is 2. The Morgan fingerprint density at radius 3 is 2.06 bits per heavy atom. The maximum absolute atomic E-state index is 11.5. The number of carbonyl (C=O) groups is 2. The van der Waals surface area contributed by atoms with Crippen LogP contribution in [0.2, 0.25) is 0 Å². The summed E-state index contributed by atoms with van der Waals surface area (Å²) in [6.07, 6.45) is 0.835. The number of esters is 2. The van der Waals surface area contributed by atoms with Crippen molar-refractivity contribution in [1.29, 1.82) is 0 Å². The number of hydrogen-bond donors (Lipinski definition) is 0. The molecule has 0 bridgehead atoms. The lowest BCUT2D eigenvalue weighted by atomic mass is 9.81. The van der Waals surface area contributed by atoms with E-state index in [0.717, 1.165) is 17.5 Å². The zero-order valence-corrected chi connectivity index (χ0v) is 10.6. The van der Waals surface area contributed by atoms with Gasteiger partial charge < -0.3 is 4.74 Å². The molecule has 1 aliphatic rings. The van der Waals surface area contributed by atoms with E-state index in [4.69, 9.17) is 0 Å². The Morgan fingerprint density at radius 1 is 1.06 bits per heavy atom. The van der Waals surface area contributed by atoms with Gasteiger partial charge in [-0.25, -0.2) is 9.59 Å². The third-order valence-corrected chi connectivity index (χ3v) is 3.06. The monoisotopic (exact) mass is 232 g/mol. The maximum atomic E-state index is 11.5. The molecular weight excluding hydrogens is 216 g/mol. The molecule has 0 aliphatic carbocycles. The summed E-state index contributed by atoms with van der Waals surface area (Å²) in [6, 6.07) is 3.60. The first kappa shape index (κ1) is 11.8. The highest BCUT2D eigenvalue weighted by molar-refractivity contribution is 6.14. The number of fused-ring (bicyclic) bond motifs is 1. The fraction of sp³-hybridized carbons (Fsp3) is 0.429. The van der Waals surface area contributed by atoms with E-state index in [9.17, 15) is 9.59 Å². The van der Waals surface area contributed by atoms with Gasteiger partial charge in [-0.3, -0.25) is 0 Å². The van der Waals surface area contributed by atoms with Crippen molar-refractivity contribution in [3.8, 4) is 0 Å². The zero-order chi connectivity index (χ0) is 12.8. The minimum absolute atomic E-state index is 0.0493. The van der Waals surface area contributed by atoms with Gasteiger partial charge in [-0.2, -0.15) is 0 Å². The molecule has 17 heavy (non-hydrogen) atoms. The largest absolute Gasteiger partial charge is 0.386 e. The Hall–Kier alpha value is -1.64. The molecule has 0 saturated carbocycles. The first-order valence-electron chi connectivity index (χ1n) is 5.78. The number of hydrogen-bond acceptors (Lipinski definition) is 3. The summed E-state index contributed by atoms with van der Waals surface area (Å²) in [5.74, 6) is -1.06. The molecule has 0 saturated heterocycles. The number of ether oxygens (including phenoxy) is 1. The molecule has 3 nitrogen and oxygen atoms in total. The second kappa shape index (κ2) is 3.69. The normalized spacial score (nSPS) is 14.8. The molecule has 1 aromatic carbocycles. The van der Waals surface area contributed by atoms with Gasteiger partial charge in [0.05, 0.1) is 11.1 Å². The van der Waals surface area contributed by atoms with Crippen LogP contribution in [0.15, 0.2) is 12.1 Å². The highest BCUT2D eigenvalue weighted by Crippen LogP contribution is 2.31. The van der Waals surface area contributed by atoms with Gasteiger partial charge in [0.1, 0.15) is 0 Å². The average molecular weight is 232 g/mol. The number of benzene rings is 1. The summed E-state index contributed by atoms with van der Waals surface area (Å²) in [5, 5.41) is 0. The Balaban J connectivity index is 2.68. The summed E-state index contributed by atoms with van der Waals surface area (Å²) in [4.78, 5) is 23.0. The number of rotatable bonds is 1. The Bertz CT molecular complexity index is 507. The van der Waals surface area contributed by atoms with Gasteiger partial charge in [0.2, 0.25) is 0 Å². The van der Waals surface area contributed by atoms with Crippen molar-refractivity contribution in [2.24, 2.45) is 0 Å². The first-order valence-corrected chi connectivity index (χ1v) is 5.78. The van der Waals surface area contributed by atoms with Crippen molar-refractivity contribution >= 4 is 11.9 Å². The predicted octanol–water partition coefficient (Wildman–Crippen LogP) is 2.86. The van der Waals surface area contributed by atoms with Crippen molar-refractivity contribution in [2.75, 3.05) is 0 Å². The van der Waals surface area contributed by atoms with E-state index < -0.39 is 11.9 Å². The quantitative estimate of drug-likeness (QED) is 0.552. The molecule has 90 valence electrons. The van der Waals surface area contributed by atoms with Crippen LogP contribution in [-0.2, 0) is 16.6 Å². The average Bonchev–Trinajstić information content (AvgIpc) is 2.51. The van der Waals surface area contributed by atoms with Crippen molar-refractivity contribution in [1.82, 2.24) is 0 Å². The van der Waals surface area contributed by atoms with Gasteiger partial charge in [-0.05, 0) is 35.1 Å². The van der Waals surface area contributed by atoms with Crippen LogP contribution in [0.3, 0.4) is 0 Å². The van der Waals surface area contributed by atoms with E-state index in [1.165, 1.54) is 0 Å². The van der Waals surface area contributed by atoms with Crippen LogP contribution in [0, 0.1) is 0 Å². The Kier molecular flexibility index (Phi) is 2.57. The minimum Gasteiger partial charge on any atom is -0.386 e. The second-order valence-electron chi connectivity index (χ2n) is 5.34. The lowest BCUT2D eigenvalue weighted by Gasteiger charge is -2.23. The van der Waals surface area contributed by atoms with Crippen molar-refractivity contribution < 1.29 is 14.3 Å². The summed E-state index contributed by atoms with van der Waals surface area (Å²) < 4.78 is 4.62. The van der Waals surface area contributed by atoms with Gasteiger partial charge >= 0.3 is 11.9 Å². The zero-order valence-electron chi connectivity index (χ0n) is 10.6. The van der Waals surface area contributed by atoms with Crippen molar-refractivity contribution in [3.63, 3.8) is 0 Å². The van der Waals surface area contributed by atoms with Crippen LogP contribution in [0.5, 0.6) is 0 Å². The summed E-state index contributed by atoms with van der Waals surface area (Å²) in [5.41, 5.74) is 2.96. The van der Waals surface area contributed by atoms with Crippen LogP contribution in [-0.4, -0.2) is 11.9 Å². The molecule has 0 spiro atoms. The molecule has 0 atom stereocenters. The van der Waals surface area contributed by atoms with E-state index in [0.29, 0.717) is 11.1 Å². The fourth-order valence-corrected chi connectivity index (χ4v) is 2.17. The van der Waals surface area contributed by atoms with Crippen molar-refractivity contribution in [3.05, 3.63) is 34.4 Å².